The molecule has 61 heavy (non-hydrogen) atoms. The Labute approximate surface area is 342 Å². The van der Waals surface area contributed by atoms with Crippen molar-refractivity contribution in [1.82, 2.24) is 10.6 Å². The Balaban J connectivity index is 1.65. The molecule has 4 fully saturated rings. The van der Waals surface area contributed by atoms with Crippen molar-refractivity contribution in [3.63, 3.8) is 0 Å². The van der Waals surface area contributed by atoms with E-state index in [1.54, 1.807) is 0 Å². The molecule has 0 aromatic carbocycles. The molecule has 4 aliphatic rings. The third kappa shape index (κ3) is 12.6. The molecular weight excluding hydrogens is 892 g/mol. The van der Waals surface area contributed by atoms with E-state index in [1.165, 1.54) is 0 Å². The van der Waals surface area contributed by atoms with Crippen molar-refractivity contribution in [3.05, 3.63) is 0 Å². The molecule has 4 rings (SSSR count). The van der Waals surface area contributed by atoms with E-state index in [0.717, 1.165) is 13.8 Å². The summed E-state index contributed by atoms with van der Waals surface area (Å²) in [4.78, 5) is 48.6. The van der Waals surface area contributed by atoms with Crippen molar-refractivity contribution in [1.29, 1.82) is 0 Å². The summed E-state index contributed by atoms with van der Waals surface area (Å²) >= 11 is 0. The molecule has 20 atom stereocenters. The van der Waals surface area contributed by atoms with E-state index in [4.69, 9.17) is 37.7 Å². The molecule has 4 heterocycles. The quantitative estimate of drug-likeness (QED) is 0.0639. The Morgan fingerprint density at radius 2 is 0.918 bits per heavy atom. The molecule has 4 aliphatic heterocycles. The van der Waals surface area contributed by atoms with Gasteiger partial charge in [-0.15, -0.1) is 0 Å². The van der Waals surface area contributed by atoms with Crippen molar-refractivity contribution in [2.75, 3.05) is 13.2 Å². The molecule has 0 saturated carbocycles. The fraction of sp³-hybridized carbons (Fsp3) is 0.857. The van der Waals surface area contributed by atoms with Gasteiger partial charge >= 0.3 is 32.7 Å². The molecule has 31 nitrogen and oxygen atoms in total. The lowest BCUT2D eigenvalue weighted by Gasteiger charge is -2.49. The fourth-order valence-electron chi connectivity index (χ4n) is 6.57. The fourth-order valence-corrected chi connectivity index (χ4v) is 7.18. The lowest BCUT2D eigenvalue weighted by Crippen LogP contribution is -2.70. The highest BCUT2D eigenvalue weighted by Gasteiger charge is 2.57. The second-order valence-corrected chi connectivity index (χ2v) is 15.9. The predicted octanol–water partition coefficient (Wildman–Crippen LogP) is -9.62. The number of aliphatic hydroxyl groups excluding tert-OH is 8. The first-order valence-electron chi connectivity index (χ1n) is 17.4. The summed E-state index contributed by atoms with van der Waals surface area (Å²) in [6, 6.07) is -3.82. The van der Waals surface area contributed by atoms with Crippen molar-refractivity contribution < 1.29 is 138 Å². The van der Waals surface area contributed by atoms with Crippen LogP contribution in [-0.2, 0) is 81.5 Å². The maximum Gasteiger partial charge on any atom is 0.397 e. The van der Waals surface area contributed by atoms with Gasteiger partial charge in [-0.2, -0.15) is 16.8 Å². The maximum absolute atomic E-state index is 12.5. The standard InChI is InChI=1S/C28H44N2O29S2/c1-5(31)29-9-12(34)11(33)7(3-51-60(45,46)47)53-26(9)58-20-15(37)17(39)28(59-22(20)24(42)43)56-18-8(4-52-61(48,49)50)54-27(10(13(18)35)30-6(2)32)57-19-14(36)16(38)25(44)55-21(19)23(40)41/h7-22,25-28,33-39,44H,3-4H2,1-2H3,(H,29,31)(H,30,32)(H,40,41)(H,42,43)(H,45,46,47)(H,48,49,50)/t7?,8?,9?,10?,11-,12-,13-,14-,15-,16?,17?,18-,19+,20+,21?,22?,25-,26-,27+,28-/m1/s1. The van der Waals surface area contributed by atoms with E-state index in [-0.39, 0.29) is 0 Å². The number of rotatable bonds is 16. The van der Waals surface area contributed by atoms with Gasteiger partial charge in [-0.25, -0.2) is 18.0 Å². The number of amides is 2. The summed E-state index contributed by atoms with van der Waals surface area (Å²) in [7, 11) is -10.5. The van der Waals surface area contributed by atoms with Crippen LogP contribution >= 0.6 is 0 Å². The smallest absolute Gasteiger partial charge is 0.397 e. The van der Waals surface area contributed by atoms with Crippen LogP contribution in [0.5, 0.6) is 0 Å². The molecule has 4 saturated heterocycles. The van der Waals surface area contributed by atoms with Gasteiger partial charge in [0.15, 0.2) is 37.4 Å². The highest BCUT2D eigenvalue weighted by Crippen LogP contribution is 2.35. The Hall–Kier alpha value is -2.98. The van der Waals surface area contributed by atoms with Crippen LogP contribution in [0.2, 0.25) is 0 Å². The van der Waals surface area contributed by atoms with Crippen LogP contribution in [0.1, 0.15) is 13.8 Å². The molecule has 14 N–H and O–H groups in total. The van der Waals surface area contributed by atoms with Crippen LogP contribution in [0.3, 0.4) is 0 Å². The molecule has 8 unspecified atom stereocenters. The van der Waals surface area contributed by atoms with Crippen LogP contribution in [0.25, 0.3) is 0 Å². The molecule has 0 aliphatic carbocycles. The zero-order valence-corrected chi connectivity index (χ0v) is 32.7. The number of hydrogen-bond acceptors (Lipinski definition) is 25. The summed E-state index contributed by atoms with van der Waals surface area (Å²) in [5.74, 6) is -5.78. The monoisotopic (exact) mass is 936 g/mol. The van der Waals surface area contributed by atoms with Gasteiger partial charge < -0.3 is 94.9 Å². The second kappa shape index (κ2) is 20.2. The maximum atomic E-state index is 12.5. The lowest BCUT2D eigenvalue weighted by atomic mass is 9.94. The topological polar surface area (TPSA) is 486 Å². The van der Waals surface area contributed by atoms with Crippen LogP contribution < -0.4 is 10.6 Å². The number of aliphatic hydroxyl groups is 8. The van der Waals surface area contributed by atoms with Gasteiger partial charge in [-0.05, 0) is 0 Å². The largest absolute Gasteiger partial charge is 0.479 e. The molecule has 0 radical (unpaired) electrons. The number of carboxylic acid groups (broad SMARTS) is 2. The average Bonchev–Trinajstić information content (AvgIpc) is 3.14. The molecule has 0 spiro atoms. The van der Waals surface area contributed by atoms with E-state index in [9.17, 15) is 91.6 Å². The molecule has 33 heteroatoms. The van der Waals surface area contributed by atoms with Crippen LogP contribution in [-0.4, -0.2) is 237 Å². The van der Waals surface area contributed by atoms with Crippen LogP contribution in [0.4, 0.5) is 0 Å². The second-order valence-electron chi connectivity index (χ2n) is 13.7. The number of ether oxygens (including phenoxy) is 7. The molecule has 2 amide bonds. The van der Waals surface area contributed by atoms with Crippen molar-refractivity contribution >= 4 is 44.6 Å². The van der Waals surface area contributed by atoms with Crippen LogP contribution in [0, 0.1) is 0 Å². The minimum absolute atomic E-state index is 0.879. The molecule has 352 valence electrons. The molecule has 0 aromatic heterocycles. The molecular formula is C28H44N2O29S2. The minimum Gasteiger partial charge on any atom is -0.479 e. The van der Waals surface area contributed by atoms with E-state index in [1.807, 2.05) is 0 Å². The van der Waals surface area contributed by atoms with E-state index >= 15 is 0 Å². The predicted molar refractivity (Wildman–Crippen MR) is 179 cm³/mol. The molecule has 0 bridgehead atoms. The number of hydrogen-bond donors (Lipinski definition) is 14. The number of aliphatic carboxylic acids is 2. The summed E-state index contributed by atoms with van der Waals surface area (Å²) in [6.07, 6.45) is -40.5. The molecule has 0 aromatic rings. The number of carbonyl (C=O) groups excluding carboxylic acids is 2. The van der Waals surface area contributed by atoms with Crippen molar-refractivity contribution in [2.24, 2.45) is 0 Å². The zero-order valence-electron chi connectivity index (χ0n) is 31.1. The Morgan fingerprint density at radius 1 is 0.508 bits per heavy atom. The minimum atomic E-state index is -5.38. The third-order valence-electron chi connectivity index (χ3n) is 9.34. The lowest BCUT2D eigenvalue weighted by molar-refractivity contribution is -0.370. The van der Waals surface area contributed by atoms with Gasteiger partial charge in [0.1, 0.15) is 85.3 Å². The number of nitrogens with one attached hydrogen (secondary N) is 2. The summed E-state index contributed by atoms with van der Waals surface area (Å²) < 4.78 is 110. The van der Waals surface area contributed by atoms with Crippen molar-refractivity contribution in [2.45, 2.75) is 137 Å². The van der Waals surface area contributed by atoms with Crippen LogP contribution in [0.15, 0.2) is 0 Å². The zero-order chi connectivity index (χ0) is 46.0. The van der Waals surface area contributed by atoms with Gasteiger partial charge in [0.2, 0.25) is 11.8 Å². The van der Waals surface area contributed by atoms with Gasteiger partial charge in [0, 0.05) is 13.8 Å². The van der Waals surface area contributed by atoms with Gasteiger partial charge in [0.05, 0.1) is 13.2 Å². The Bertz CT molecular complexity index is 1790. The average molecular weight is 937 g/mol. The number of carboxylic acids is 2. The summed E-state index contributed by atoms with van der Waals surface area (Å²) in [5, 5.41) is 110. The first-order chi connectivity index (χ1) is 28.1. The summed E-state index contributed by atoms with van der Waals surface area (Å²) in [6.45, 7) is -0.773. The van der Waals surface area contributed by atoms with Crippen molar-refractivity contribution in [3.8, 4) is 0 Å². The Kier molecular flexibility index (Phi) is 16.8. The van der Waals surface area contributed by atoms with Gasteiger partial charge in [-0.3, -0.25) is 18.7 Å². The summed E-state index contributed by atoms with van der Waals surface area (Å²) in [5.41, 5.74) is 0. The van der Waals surface area contributed by atoms with E-state index in [0.29, 0.717) is 0 Å². The van der Waals surface area contributed by atoms with Gasteiger partial charge in [-0.1, -0.05) is 0 Å². The third-order valence-corrected chi connectivity index (χ3v) is 10.2. The Morgan fingerprint density at radius 3 is 1.38 bits per heavy atom. The van der Waals surface area contributed by atoms with E-state index in [2.05, 4.69) is 19.0 Å². The number of carbonyl (C=O) groups is 4. The van der Waals surface area contributed by atoms with Gasteiger partial charge in [0.25, 0.3) is 0 Å². The normalized spacial score (nSPS) is 42.3. The van der Waals surface area contributed by atoms with E-state index < -0.39 is 180 Å². The highest BCUT2D eigenvalue weighted by molar-refractivity contribution is 7.81. The first-order valence-corrected chi connectivity index (χ1v) is 20.1. The SMILES string of the molecule is CC(=O)NC1[C@@H](O[C@@H]2C(C(=O)O)O[C@@H](O[C@@H]3C(COS(=O)(=O)O)O[C@@H](O[C@@H]4C(C(=O)O)O[C@@H](O)C(O)[C@H]4O)C(NC(C)=O)[C@H]3O)C(O)[C@H]2O)OC(COS(=O)(=O)O)[C@@H](O)[C@@H]1O. The first kappa shape index (κ1) is 50.7. The highest BCUT2D eigenvalue weighted by atomic mass is 32.3.